The summed E-state index contributed by atoms with van der Waals surface area (Å²) in [6.07, 6.45) is 7.94. The molecule has 4 rings (SSSR count). The number of ketones is 1. The molecule has 4 aromatic heterocycles. The number of imidazole rings is 3. The van der Waals surface area contributed by atoms with Crippen LogP contribution in [0.5, 0.6) is 0 Å². The summed E-state index contributed by atoms with van der Waals surface area (Å²) in [6, 6.07) is 1.55. The van der Waals surface area contributed by atoms with E-state index in [0.29, 0.717) is 23.8 Å². The Hall–Kier alpha value is -5.21. The average Bonchev–Trinajstić information content (AvgIpc) is 3.61. The quantitative estimate of drug-likeness (QED) is 0.231. The molecule has 0 saturated heterocycles. The third-order valence-corrected chi connectivity index (χ3v) is 5.31. The molecule has 15 heteroatoms. The fourth-order valence-corrected chi connectivity index (χ4v) is 3.54. The first-order valence-corrected chi connectivity index (χ1v) is 11.7. The summed E-state index contributed by atoms with van der Waals surface area (Å²) in [7, 11) is 6.77. The molecule has 4 N–H and O–H groups in total. The summed E-state index contributed by atoms with van der Waals surface area (Å²) >= 11 is 0. The first-order chi connectivity index (χ1) is 18.4. The van der Waals surface area contributed by atoms with E-state index >= 15 is 0 Å². The Morgan fingerprint density at radius 1 is 0.872 bits per heavy atom. The van der Waals surface area contributed by atoms with Crippen molar-refractivity contribution in [1.29, 1.82) is 0 Å². The summed E-state index contributed by atoms with van der Waals surface area (Å²) < 4.78 is 11.0. The van der Waals surface area contributed by atoms with Crippen LogP contribution in [0, 0.1) is 0 Å². The van der Waals surface area contributed by atoms with Crippen LogP contribution in [0.25, 0.3) is 0 Å². The number of nitrogens with one attached hydrogen (secondary N) is 2. The van der Waals surface area contributed by atoms with Crippen LogP contribution in [-0.2, 0) is 32.9 Å². The zero-order valence-electron chi connectivity index (χ0n) is 22.4. The Kier molecular flexibility index (Phi) is 8.65. The Bertz CT molecular complexity index is 1520. The molecule has 0 bridgehead atoms. The number of hydrogen-bond acceptors (Lipinski definition) is 9. The van der Waals surface area contributed by atoms with Crippen molar-refractivity contribution < 1.29 is 23.9 Å². The highest BCUT2D eigenvalue weighted by molar-refractivity contribution is 6.06. The number of aryl methyl sites for hydroxylation is 4. The molecule has 0 aliphatic rings. The van der Waals surface area contributed by atoms with Gasteiger partial charge in [0.1, 0.15) is 11.5 Å². The molecule has 15 nitrogen and oxygen atoms in total. The molecule has 0 fully saturated rings. The van der Waals surface area contributed by atoms with Crippen LogP contribution < -0.4 is 16.4 Å². The van der Waals surface area contributed by atoms with Gasteiger partial charge in [-0.3, -0.25) is 14.4 Å². The van der Waals surface area contributed by atoms with Gasteiger partial charge < -0.3 is 39.4 Å². The van der Waals surface area contributed by atoms with Crippen molar-refractivity contribution in [2.75, 3.05) is 23.0 Å². The number of ether oxygens (including phenoxy) is 1. The molecular weight excluding hydrogens is 508 g/mol. The van der Waals surface area contributed by atoms with E-state index in [4.69, 9.17) is 10.5 Å². The van der Waals surface area contributed by atoms with Crippen LogP contribution in [0.3, 0.4) is 0 Å². The molecule has 0 aliphatic heterocycles. The molecule has 0 atom stereocenters. The van der Waals surface area contributed by atoms with Crippen molar-refractivity contribution >= 4 is 40.9 Å². The van der Waals surface area contributed by atoms with Gasteiger partial charge in [-0.05, 0) is 13.0 Å². The van der Waals surface area contributed by atoms with Crippen LogP contribution in [0.15, 0.2) is 37.1 Å². The van der Waals surface area contributed by atoms with Crippen molar-refractivity contribution in [3.05, 3.63) is 60.2 Å². The van der Waals surface area contributed by atoms with Crippen LogP contribution in [0.2, 0.25) is 0 Å². The minimum absolute atomic E-state index is 0.198. The lowest BCUT2D eigenvalue weighted by molar-refractivity contribution is 0.0507. The predicted molar refractivity (Wildman–Crippen MR) is 141 cm³/mol. The number of anilines is 3. The highest BCUT2D eigenvalue weighted by atomic mass is 16.5. The zero-order valence-corrected chi connectivity index (χ0v) is 22.4. The minimum Gasteiger partial charge on any atom is -0.460 e. The summed E-state index contributed by atoms with van der Waals surface area (Å²) in [5.41, 5.74) is 6.15. The lowest BCUT2D eigenvalue weighted by Crippen LogP contribution is -2.16. The van der Waals surface area contributed by atoms with E-state index in [9.17, 15) is 19.2 Å². The van der Waals surface area contributed by atoms with E-state index in [0.717, 1.165) is 0 Å². The third-order valence-electron chi connectivity index (χ3n) is 5.31. The van der Waals surface area contributed by atoms with Crippen molar-refractivity contribution in [2.24, 2.45) is 28.2 Å². The molecule has 0 aromatic carbocycles. The molecule has 0 unspecified atom stereocenters. The number of carbonyl (C=O) groups is 4. The Morgan fingerprint density at radius 3 is 2.10 bits per heavy atom. The second kappa shape index (κ2) is 11.9. The highest BCUT2D eigenvalue weighted by Gasteiger charge is 2.18. The van der Waals surface area contributed by atoms with Crippen molar-refractivity contribution in [2.45, 2.75) is 13.8 Å². The van der Waals surface area contributed by atoms with E-state index in [-0.39, 0.29) is 35.0 Å². The Balaban J connectivity index is 0.000000293. The molecule has 4 aromatic rings. The number of Topliss-reactive ketones (excluding diaryl/α,β-unsaturated/α-hetero) is 1. The normalized spacial score (nSPS) is 10.4. The smallest absolute Gasteiger partial charge is 0.374 e. The topological polar surface area (TPSA) is 186 Å². The van der Waals surface area contributed by atoms with Crippen LogP contribution in [0.4, 0.5) is 17.3 Å². The second-order valence-electron chi connectivity index (χ2n) is 8.43. The van der Waals surface area contributed by atoms with Gasteiger partial charge in [0.25, 0.3) is 11.8 Å². The van der Waals surface area contributed by atoms with Crippen molar-refractivity contribution in [3.8, 4) is 0 Å². The fourth-order valence-electron chi connectivity index (χ4n) is 3.54. The zero-order chi connectivity index (χ0) is 28.9. The summed E-state index contributed by atoms with van der Waals surface area (Å²) in [4.78, 5) is 59.2. The first-order valence-electron chi connectivity index (χ1n) is 11.7. The number of nitrogen functional groups attached to an aromatic ring is 1. The van der Waals surface area contributed by atoms with Gasteiger partial charge in [0, 0.05) is 66.1 Å². The van der Waals surface area contributed by atoms with E-state index in [1.807, 2.05) is 0 Å². The van der Waals surface area contributed by atoms with Crippen LogP contribution in [0.1, 0.15) is 56.2 Å². The first kappa shape index (κ1) is 28.4. The van der Waals surface area contributed by atoms with E-state index in [1.54, 1.807) is 79.7 Å². The van der Waals surface area contributed by atoms with E-state index in [1.165, 1.54) is 17.7 Å². The number of nitrogens with two attached hydrogens (primary N) is 1. The number of hydrogen-bond donors (Lipinski definition) is 3. The van der Waals surface area contributed by atoms with Gasteiger partial charge >= 0.3 is 5.97 Å². The molecule has 206 valence electrons. The van der Waals surface area contributed by atoms with Gasteiger partial charge in [-0.15, -0.1) is 0 Å². The summed E-state index contributed by atoms with van der Waals surface area (Å²) in [5, 5.41) is 5.35. The molecule has 0 aliphatic carbocycles. The summed E-state index contributed by atoms with van der Waals surface area (Å²) in [5.74, 6) is -0.107. The number of amides is 2. The lowest BCUT2D eigenvalue weighted by Gasteiger charge is -2.02. The van der Waals surface area contributed by atoms with Crippen molar-refractivity contribution in [1.82, 2.24) is 33.2 Å². The molecule has 0 spiro atoms. The second-order valence-corrected chi connectivity index (χ2v) is 8.43. The molecule has 39 heavy (non-hydrogen) atoms. The maximum Gasteiger partial charge on any atom is 0.374 e. The monoisotopic (exact) mass is 538 g/mol. The van der Waals surface area contributed by atoms with E-state index in [2.05, 4.69) is 25.6 Å². The SMILES string of the molecule is CC(=O)c1nc(NC(=O)c2cc(NC(=O)c3nccn3C)cn2C)cn1C.CCOC(=O)c1nc(N)cn1C. The molecular formula is C24H30N10O5. The van der Waals surface area contributed by atoms with Gasteiger partial charge in [0.2, 0.25) is 5.82 Å². The fraction of sp³-hybridized carbons (Fsp3) is 0.292. The molecule has 4 heterocycles. The van der Waals surface area contributed by atoms with Gasteiger partial charge in [0.15, 0.2) is 23.2 Å². The minimum atomic E-state index is -0.448. The number of esters is 1. The molecule has 0 radical (unpaired) electrons. The standard InChI is InChI=1S/C17H19N7O3.C7H11N3O2/c1-10(25)14-20-13(9-24(14)4)21-16(26)12-7-11(8-23(12)3)19-17(27)15-18-5-6-22(15)2;1-3-12-7(11)6-9-5(8)4-10(6)2/h5-9H,1-4H3,(H,19,27)(H,21,26);4H,3,8H2,1-2H3. The van der Waals surface area contributed by atoms with Gasteiger partial charge in [-0.1, -0.05) is 0 Å². The van der Waals surface area contributed by atoms with Crippen molar-refractivity contribution in [3.63, 3.8) is 0 Å². The third kappa shape index (κ3) is 6.76. The average molecular weight is 539 g/mol. The number of rotatable bonds is 7. The molecule has 2 amide bonds. The Labute approximate surface area is 223 Å². The van der Waals surface area contributed by atoms with Gasteiger partial charge in [-0.25, -0.2) is 19.7 Å². The van der Waals surface area contributed by atoms with Gasteiger partial charge in [0.05, 0.1) is 12.3 Å². The van der Waals surface area contributed by atoms with Crippen LogP contribution >= 0.6 is 0 Å². The maximum atomic E-state index is 12.5. The predicted octanol–water partition coefficient (Wildman–Crippen LogP) is 1.38. The Morgan fingerprint density at radius 2 is 1.56 bits per heavy atom. The van der Waals surface area contributed by atoms with E-state index < -0.39 is 11.9 Å². The highest BCUT2D eigenvalue weighted by Crippen LogP contribution is 2.16. The number of carbonyl (C=O) groups excluding carboxylic acids is 4. The lowest BCUT2D eigenvalue weighted by atomic mass is 10.3. The van der Waals surface area contributed by atoms with Crippen LogP contribution in [-0.4, -0.2) is 63.4 Å². The number of nitrogens with zero attached hydrogens (tertiary/aromatic N) is 7. The number of aromatic nitrogens is 7. The molecule has 0 saturated carbocycles. The maximum absolute atomic E-state index is 12.5. The van der Waals surface area contributed by atoms with Gasteiger partial charge in [-0.2, -0.15) is 0 Å². The largest absolute Gasteiger partial charge is 0.460 e. The summed E-state index contributed by atoms with van der Waals surface area (Å²) in [6.45, 7) is 3.48.